The molecule has 0 heterocycles. The topological polar surface area (TPSA) is 46.5 Å². The van der Waals surface area contributed by atoms with Gasteiger partial charge in [-0.2, -0.15) is 0 Å². The van der Waals surface area contributed by atoms with Crippen LogP contribution in [0.15, 0.2) is 24.3 Å². The van der Waals surface area contributed by atoms with Crippen LogP contribution in [0.1, 0.15) is 57.8 Å². The third-order valence-corrected chi connectivity index (χ3v) is 3.56. The molecule has 0 spiro atoms. The Labute approximate surface area is 115 Å². The lowest BCUT2D eigenvalue weighted by atomic mass is 9.91. The van der Waals surface area contributed by atoms with Crippen LogP contribution < -0.4 is 0 Å². The molecule has 1 unspecified atom stereocenters. The fourth-order valence-electron chi connectivity index (χ4n) is 1.56. The molecule has 1 N–H and O–H groups in total. The van der Waals surface area contributed by atoms with Crippen molar-refractivity contribution in [3.05, 3.63) is 35.4 Å². The Hall–Kier alpha value is -1.35. The van der Waals surface area contributed by atoms with Crippen LogP contribution in [0.25, 0.3) is 0 Å². The van der Waals surface area contributed by atoms with E-state index in [4.69, 9.17) is 4.74 Å². The molecule has 0 saturated heterocycles. The highest BCUT2D eigenvalue weighted by Gasteiger charge is 2.26. The summed E-state index contributed by atoms with van der Waals surface area (Å²) < 4.78 is 5.31. The molecule has 3 nitrogen and oxygen atoms in total. The SMILES string of the molecule is CCC(O)c1ccc(COC(=O)C(C)(C)CC)cc1. The molecule has 0 aliphatic carbocycles. The van der Waals surface area contributed by atoms with Crippen molar-refractivity contribution in [3.8, 4) is 0 Å². The van der Waals surface area contributed by atoms with Gasteiger partial charge in [0.2, 0.25) is 0 Å². The maximum absolute atomic E-state index is 11.8. The summed E-state index contributed by atoms with van der Waals surface area (Å²) in [5, 5.41) is 9.69. The zero-order chi connectivity index (χ0) is 14.5. The van der Waals surface area contributed by atoms with Gasteiger partial charge in [0, 0.05) is 0 Å². The number of aliphatic hydroxyl groups excluding tert-OH is 1. The van der Waals surface area contributed by atoms with Crippen LogP contribution in [-0.2, 0) is 16.1 Å². The average Bonchev–Trinajstić information content (AvgIpc) is 2.44. The van der Waals surface area contributed by atoms with E-state index in [9.17, 15) is 9.90 Å². The van der Waals surface area contributed by atoms with E-state index in [-0.39, 0.29) is 12.6 Å². The van der Waals surface area contributed by atoms with Crippen molar-refractivity contribution in [1.82, 2.24) is 0 Å². The minimum absolute atomic E-state index is 0.173. The van der Waals surface area contributed by atoms with Gasteiger partial charge in [-0.3, -0.25) is 4.79 Å². The molecule has 0 aliphatic heterocycles. The highest BCUT2D eigenvalue weighted by atomic mass is 16.5. The lowest BCUT2D eigenvalue weighted by Crippen LogP contribution is -2.25. The third kappa shape index (κ3) is 4.35. The molecule has 0 aromatic heterocycles. The van der Waals surface area contributed by atoms with Crippen LogP contribution in [0.5, 0.6) is 0 Å². The molecule has 106 valence electrons. The first-order valence-electron chi connectivity index (χ1n) is 6.84. The van der Waals surface area contributed by atoms with E-state index in [0.29, 0.717) is 6.42 Å². The van der Waals surface area contributed by atoms with Gasteiger partial charge in [-0.25, -0.2) is 0 Å². The Balaban J connectivity index is 2.57. The lowest BCUT2D eigenvalue weighted by molar-refractivity contribution is -0.155. The Morgan fingerprint density at radius 2 is 1.84 bits per heavy atom. The van der Waals surface area contributed by atoms with Crippen LogP contribution in [0.2, 0.25) is 0 Å². The number of hydrogen-bond donors (Lipinski definition) is 1. The maximum Gasteiger partial charge on any atom is 0.311 e. The number of aliphatic hydroxyl groups is 1. The minimum Gasteiger partial charge on any atom is -0.460 e. The van der Waals surface area contributed by atoms with Gasteiger partial charge in [0.15, 0.2) is 0 Å². The first kappa shape index (κ1) is 15.7. The molecule has 1 aromatic carbocycles. The largest absolute Gasteiger partial charge is 0.460 e. The molecule has 0 fully saturated rings. The molecule has 19 heavy (non-hydrogen) atoms. The van der Waals surface area contributed by atoms with Crippen molar-refractivity contribution in [1.29, 1.82) is 0 Å². The van der Waals surface area contributed by atoms with Crippen LogP contribution >= 0.6 is 0 Å². The summed E-state index contributed by atoms with van der Waals surface area (Å²) in [4.78, 5) is 11.8. The third-order valence-electron chi connectivity index (χ3n) is 3.56. The molecule has 1 aromatic rings. The van der Waals surface area contributed by atoms with Gasteiger partial charge in [-0.1, -0.05) is 38.1 Å². The van der Waals surface area contributed by atoms with Crippen molar-refractivity contribution in [2.24, 2.45) is 5.41 Å². The predicted molar refractivity (Wildman–Crippen MR) is 75.6 cm³/mol. The summed E-state index contributed by atoms with van der Waals surface area (Å²) in [7, 11) is 0. The molecular formula is C16H24O3. The predicted octanol–water partition coefficient (Wildman–Crippen LogP) is 3.61. The monoisotopic (exact) mass is 264 g/mol. The van der Waals surface area contributed by atoms with Crippen LogP contribution in [0, 0.1) is 5.41 Å². The van der Waals surface area contributed by atoms with E-state index < -0.39 is 11.5 Å². The maximum atomic E-state index is 11.8. The summed E-state index contributed by atoms with van der Waals surface area (Å²) in [6, 6.07) is 7.53. The Morgan fingerprint density at radius 1 is 1.26 bits per heavy atom. The van der Waals surface area contributed by atoms with Crippen molar-refractivity contribution < 1.29 is 14.6 Å². The molecule has 0 bridgehead atoms. The second kappa shape index (κ2) is 6.71. The normalized spacial score (nSPS) is 13.1. The smallest absolute Gasteiger partial charge is 0.311 e. The van der Waals surface area contributed by atoms with E-state index in [1.54, 1.807) is 0 Å². The first-order chi connectivity index (χ1) is 8.90. The number of esters is 1. The second-order valence-electron chi connectivity index (χ2n) is 5.48. The van der Waals surface area contributed by atoms with Gasteiger partial charge in [-0.05, 0) is 37.8 Å². The van der Waals surface area contributed by atoms with Crippen molar-refractivity contribution in [2.45, 2.75) is 53.2 Å². The van der Waals surface area contributed by atoms with Crippen LogP contribution in [0.4, 0.5) is 0 Å². The molecule has 1 atom stereocenters. The molecule has 0 saturated carbocycles. The number of benzene rings is 1. The minimum atomic E-state index is -0.432. The quantitative estimate of drug-likeness (QED) is 0.798. The molecule has 0 amide bonds. The number of rotatable bonds is 6. The lowest BCUT2D eigenvalue weighted by Gasteiger charge is -2.20. The fourth-order valence-corrected chi connectivity index (χ4v) is 1.56. The molecule has 0 radical (unpaired) electrons. The number of hydrogen-bond acceptors (Lipinski definition) is 3. The van der Waals surface area contributed by atoms with Gasteiger partial charge in [-0.15, -0.1) is 0 Å². The highest BCUT2D eigenvalue weighted by molar-refractivity contribution is 5.75. The standard InChI is InChI=1S/C16H24O3/c1-5-14(17)13-9-7-12(8-10-13)11-19-15(18)16(3,4)6-2/h7-10,14,17H,5-6,11H2,1-4H3. The zero-order valence-corrected chi connectivity index (χ0v) is 12.3. The Bertz CT molecular complexity index is 407. The van der Waals surface area contributed by atoms with E-state index in [1.165, 1.54) is 0 Å². The Kier molecular flexibility index (Phi) is 5.55. The number of carbonyl (C=O) groups is 1. The van der Waals surface area contributed by atoms with Gasteiger partial charge >= 0.3 is 5.97 Å². The molecular weight excluding hydrogens is 240 g/mol. The summed E-state index contributed by atoms with van der Waals surface area (Å²) in [5.41, 5.74) is 1.40. The van der Waals surface area contributed by atoms with Crippen LogP contribution in [0.3, 0.4) is 0 Å². The van der Waals surface area contributed by atoms with Gasteiger partial charge in [0.25, 0.3) is 0 Å². The van der Waals surface area contributed by atoms with Crippen molar-refractivity contribution in [3.63, 3.8) is 0 Å². The molecule has 3 heteroatoms. The van der Waals surface area contributed by atoms with Crippen LogP contribution in [-0.4, -0.2) is 11.1 Å². The van der Waals surface area contributed by atoms with Gasteiger partial charge < -0.3 is 9.84 Å². The van der Waals surface area contributed by atoms with Gasteiger partial charge in [0.1, 0.15) is 6.61 Å². The molecule has 1 rings (SSSR count). The Morgan fingerprint density at radius 3 is 2.32 bits per heavy atom. The van der Waals surface area contributed by atoms with Crippen molar-refractivity contribution >= 4 is 5.97 Å². The first-order valence-corrected chi connectivity index (χ1v) is 6.84. The number of ether oxygens (including phenoxy) is 1. The summed E-state index contributed by atoms with van der Waals surface area (Å²) >= 11 is 0. The number of carbonyl (C=O) groups excluding carboxylic acids is 1. The van der Waals surface area contributed by atoms with E-state index >= 15 is 0 Å². The van der Waals surface area contributed by atoms with E-state index in [1.807, 2.05) is 52.0 Å². The summed E-state index contributed by atoms with van der Waals surface area (Å²) in [5.74, 6) is -0.173. The van der Waals surface area contributed by atoms with E-state index in [2.05, 4.69) is 0 Å². The highest BCUT2D eigenvalue weighted by Crippen LogP contribution is 2.22. The van der Waals surface area contributed by atoms with Crippen molar-refractivity contribution in [2.75, 3.05) is 0 Å². The average molecular weight is 264 g/mol. The fraction of sp³-hybridized carbons (Fsp3) is 0.562. The molecule has 0 aliphatic rings. The van der Waals surface area contributed by atoms with E-state index in [0.717, 1.165) is 17.5 Å². The second-order valence-corrected chi connectivity index (χ2v) is 5.48. The van der Waals surface area contributed by atoms with Gasteiger partial charge in [0.05, 0.1) is 11.5 Å². The summed E-state index contributed by atoms with van der Waals surface area (Å²) in [6.07, 6.45) is 1.03. The summed E-state index contributed by atoms with van der Waals surface area (Å²) in [6.45, 7) is 7.96. The zero-order valence-electron chi connectivity index (χ0n) is 12.3.